The highest BCUT2D eigenvalue weighted by molar-refractivity contribution is 8.00. The molecule has 0 bridgehead atoms. The Labute approximate surface area is 140 Å². The summed E-state index contributed by atoms with van der Waals surface area (Å²) < 4.78 is 0. The lowest BCUT2D eigenvalue weighted by Crippen LogP contribution is -2.21. The van der Waals surface area contributed by atoms with Crippen molar-refractivity contribution < 1.29 is 9.90 Å². The van der Waals surface area contributed by atoms with E-state index in [1.54, 1.807) is 11.8 Å². The van der Waals surface area contributed by atoms with Crippen LogP contribution in [-0.4, -0.2) is 16.3 Å². The minimum Gasteiger partial charge on any atom is -0.481 e. The van der Waals surface area contributed by atoms with Crippen molar-refractivity contribution in [1.82, 2.24) is 0 Å². The number of hydrogen-bond donors (Lipinski definition) is 1. The molecule has 0 radical (unpaired) electrons. The van der Waals surface area contributed by atoms with Crippen LogP contribution in [0.4, 0.5) is 0 Å². The molecule has 3 heteroatoms. The molecule has 3 aromatic carbocycles. The van der Waals surface area contributed by atoms with Crippen molar-refractivity contribution in [2.45, 2.75) is 23.0 Å². The zero-order chi connectivity index (χ0) is 16.2. The smallest absolute Gasteiger partial charge is 0.312 e. The van der Waals surface area contributed by atoms with Gasteiger partial charge in [0.2, 0.25) is 0 Å². The minimum atomic E-state index is -0.780. The Morgan fingerprint density at radius 1 is 0.913 bits per heavy atom. The molecule has 0 amide bonds. The van der Waals surface area contributed by atoms with Gasteiger partial charge in [-0.1, -0.05) is 67.6 Å². The van der Waals surface area contributed by atoms with Crippen LogP contribution in [0.15, 0.2) is 77.7 Å². The highest BCUT2D eigenvalue weighted by Crippen LogP contribution is 2.36. The Kier molecular flexibility index (Phi) is 4.68. The van der Waals surface area contributed by atoms with Gasteiger partial charge in [0.25, 0.3) is 0 Å². The SMILES string of the molecule is CC(Sc1ccccc1)C(C(=O)O)c1cccc2ccccc12. The number of fused-ring (bicyclic) bond motifs is 1. The maximum atomic E-state index is 12.0. The van der Waals surface area contributed by atoms with Crippen LogP contribution in [0.2, 0.25) is 0 Å². The summed E-state index contributed by atoms with van der Waals surface area (Å²) >= 11 is 1.60. The topological polar surface area (TPSA) is 37.3 Å². The number of hydrogen-bond acceptors (Lipinski definition) is 2. The number of aliphatic carboxylic acids is 1. The van der Waals surface area contributed by atoms with Crippen LogP contribution < -0.4 is 0 Å². The van der Waals surface area contributed by atoms with Crippen LogP contribution in [0.5, 0.6) is 0 Å². The Morgan fingerprint density at radius 3 is 2.30 bits per heavy atom. The van der Waals surface area contributed by atoms with Crippen molar-refractivity contribution in [2.24, 2.45) is 0 Å². The number of carboxylic acid groups (broad SMARTS) is 1. The van der Waals surface area contributed by atoms with Crippen LogP contribution >= 0.6 is 11.8 Å². The molecule has 2 nitrogen and oxygen atoms in total. The van der Waals surface area contributed by atoms with Crippen LogP contribution in [0.25, 0.3) is 10.8 Å². The van der Waals surface area contributed by atoms with Gasteiger partial charge in [-0.2, -0.15) is 0 Å². The number of carboxylic acids is 1. The molecule has 3 rings (SSSR count). The Hall–Kier alpha value is -2.26. The number of thioether (sulfide) groups is 1. The van der Waals surface area contributed by atoms with E-state index in [1.807, 2.05) is 79.7 Å². The first-order valence-electron chi connectivity index (χ1n) is 7.59. The average molecular weight is 322 g/mol. The summed E-state index contributed by atoms with van der Waals surface area (Å²) in [4.78, 5) is 13.1. The van der Waals surface area contributed by atoms with E-state index in [0.29, 0.717) is 0 Å². The first kappa shape index (κ1) is 15.6. The van der Waals surface area contributed by atoms with E-state index in [-0.39, 0.29) is 5.25 Å². The van der Waals surface area contributed by atoms with E-state index in [2.05, 4.69) is 0 Å². The molecule has 0 heterocycles. The predicted octanol–water partition coefficient (Wildman–Crippen LogP) is 5.19. The number of carbonyl (C=O) groups is 1. The van der Waals surface area contributed by atoms with Crippen LogP contribution in [-0.2, 0) is 4.79 Å². The average Bonchev–Trinajstić information content (AvgIpc) is 2.56. The second-order valence-electron chi connectivity index (χ2n) is 5.52. The second kappa shape index (κ2) is 6.88. The van der Waals surface area contributed by atoms with Gasteiger partial charge in [-0.05, 0) is 28.5 Å². The molecule has 23 heavy (non-hydrogen) atoms. The third-order valence-corrected chi connectivity index (χ3v) is 5.15. The van der Waals surface area contributed by atoms with Crippen LogP contribution in [0, 0.1) is 0 Å². The monoisotopic (exact) mass is 322 g/mol. The Bertz CT molecular complexity index is 809. The highest BCUT2D eigenvalue weighted by atomic mass is 32.2. The second-order valence-corrected chi connectivity index (χ2v) is 6.97. The van der Waals surface area contributed by atoms with E-state index < -0.39 is 11.9 Å². The zero-order valence-corrected chi connectivity index (χ0v) is 13.7. The lowest BCUT2D eigenvalue weighted by molar-refractivity contribution is -0.138. The van der Waals surface area contributed by atoms with Gasteiger partial charge < -0.3 is 5.11 Å². The fraction of sp³-hybridized carbons (Fsp3) is 0.150. The largest absolute Gasteiger partial charge is 0.481 e. The van der Waals surface area contributed by atoms with Crippen molar-refractivity contribution in [2.75, 3.05) is 0 Å². The van der Waals surface area contributed by atoms with E-state index >= 15 is 0 Å². The third-order valence-electron chi connectivity index (χ3n) is 3.96. The quantitative estimate of drug-likeness (QED) is 0.657. The van der Waals surface area contributed by atoms with E-state index in [0.717, 1.165) is 21.2 Å². The molecule has 0 aromatic heterocycles. The molecule has 0 aliphatic heterocycles. The molecule has 2 unspecified atom stereocenters. The van der Waals surface area contributed by atoms with E-state index in [9.17, 15) is 9.90 Å². The molecular formula is C20H18O2S. The molecule has 0 aliphatic rings. The summed E-state index contributed by atoms with van der Waals surface area (Å²) in [5.41, 5.74) is 0.881. The fourth-order valence-electron chi connectivity index (χ4n) is 2.89. The standard InChI is InChI=1S/C20H18O2S/c1-14(23-16-10-3-2-4-11-16)19(20(21)22)18-13-7-9-15-8-5-6-12-17(15)18/h2-14,19H,1H3,(H,21,22). The molecule has 0 saturated heterocycles. The first-order chi connectivity index (χ1) is 11.2. The van der Waals surface area contributed by atoms with Crippen molar-refractivity contribution in [1.29, 1.82) is 0 Å². The van der Waals surface area contributed by atoms with Crippen molar-refractivity contribution in [3.63, 3.8) is 0 Å². The van der Waals surface area contributed by atoms with Crippen LogP contribution in [0.3, 0.4) is 0 Å². The van der Waals surface area contributed by atoms with Crippen molar-refractivity contribution in [3.8, 4) is 0 Å². The molecule has 0 spiro atoms. The molecule has 0 saturated carbocycles. The lowest BCUT2D eigenvalue weighted by Gasteiger charge is -2.21. The van der Waals surface area contributed by atoms with Gasteiger partial charge >= 0.3 is 5.97 Å². The van der Waals surface area contributed by atoms with Crippen LogP contribution in [0.1, 0.15) is 18.4 Å². The molecule has 116 valence electrons. The fourth-order valence-corrected chi connectivity index (χ4v) is 4.03. The van der Waals surface area contributed by atoms with Gasteiger partial charge in [0.05, 0.1) is 5.92 Å². The van der Waals surface area contributed by atoms with Gasteiger partial charge in [-0.3, -0.25) is 4.79 Å². The zero-order valence-electron chi connectivity index (χ0n) is 12.8. The summed E-state index contributed by atoms with van der Waals surface area (Å²) in [7, 11) is 0. The van der Waals surface area contributed by atoms with Gasteiger partial charge in [0.1, 0.15) is 0 Å². The molecule has 1 N–H and O–H groups in total. The molecule has 3 aromatic rings. The summed E-state index contributed by atoms with van der Waals surface area (Å²) in [5.74, 6) is -1.33. The van der Waals surface area contributed by atoms with Gasteiger partial charge in [0.15, 0.2) is 0 Å². The maximum absolute atomic E-state index is 12.0. The van der Waals surface area contributed by atoms with Crippen molar-refractivity contribution in [3.05, 3.63) is 78.4 Å². The summed E-state index contributed by atoms with van der Waals surface area (Å²) in [6.07, 6.45) is 0. The molecule has 2 atom stereocenters. The number of benzene rings is 3. The maximum Gasteiger partial charge on any atom is 0.312 e. The lowest BCUT2D eigenvalue weighted by atomic mass is 9.91. The molecular weight excluding hydrogens is 304 g/mol. The first-order valence-corrected chi connectivity index (χ1v) is 8.47. The summed E-state index contributed by atoms with van der Waals surface area (Å²) in [6, 6.07) is 23.8. The molecule has 0 fully saturated rings. The minimum absolute atomic E-state index is 0.0688. The van der Waals surface area contributed by atoms with E-state index in [1.165, 1.54) is 0 Å². The van der Waals surface area contributed by atoms with Gasteiger partial charge in [-0.25, -0.2) is 0 Å². The van der Waals surface area contributed by atoms with Gasteiger partial charge in [0, 0.05) is 10.1 Å². The van der Waals surface area contributed by atoms with E-state index in [4.69, 9.17) is 0 Å². The Morgan fingerprint density at radius 2 is 1.57 bits per heavy atom. The van der Waals surface area contributed by atoms with Crippen molar-refractivity contribution >= 4 is 28.5 Å². The summed E-state index contributed by atoms with van der Waals surface area (Å²) in [6.45, 7) is 1.98. The Balaban J connectivity index is 1.99. The molecule has 0 aliphatic carbocycles. The highest BCUT2D eigenvalue weighted by Gasteiger charge is 2.28. The normalized spacial score (nSPS) is 13.6. The number of rotatable bonds is 5. The predicted molar refractivity (Wildman–Crippen MR) is 96.1 cm³/mol. The third kappa shape index (κ3) is 3.40. The van der Waals surface area contributed by atoms with Gasteiger partial charge in [-0.15, -0.1) is 11.8 Å². The summed E-state index contributed by atoms with van der Waals surface area (Å²) in [5, 5.41) is 11.8.